The van der Waals surface area contributed by atoms with Crippen molar-refractivity contribution in [3.63, 3.8) is 0 Å². The molecule has 26 heavy (non-hydrogen) atoms. The van der Waals surface area contributed by atoms with E-state index in [9.17, 15) is 10.1 Å². The molecule has 0 saturated heterocycles. The molecule has 0 spiro atoms. The van der Waals surface area contributed by atoms with Gasteiger partial charge < -0.3 is 25.7 Å². The van der Waals surface area contributed by atoms with Gasteiger partial charge in [-0.3, -0.25) is 0 Å². The number of carbonyl (C=O) groups excluding carboxylic acids is 1. The summed E-state index contributed by atoms with van der Waals surface area (Å²) >= 11 is 0. The number of hydrogen-bond acceptors (Lipinski definition) is 9. The molecule has 4 N–H and O–H groups in total. The van der Waals surface area contributed by atoms with Crippen molar-refractivity contribution in [2.45, 2.75) is 20.0 Å². The number of nitriles is 1. The standard InChI is InChI=1S/C17H19N5O4/c1-4-25-13-7-10(5-6-12(13)26-9(2)16(23)24-3)14-11(8-18)15(19)22-17(20)21-14/h5-7,9H,4H2,1-3H3,(H4,19,20,21,22). The van der Waals surface area contributed by atoms with E-state index in [1.54, 1.807) is 25.1 Å². The Morgan fingerprint density at radius 2 is 2.04 bits per heavy atom. The molecular formula is C17H19N5O4. The molecule has 0 radical (unpaired) electrons. The summed E-state index contributed by atoms with van der Waals surface area (Å²) in [5.41, 5.74) is 12.3. The first-order valence-electron chi connectivity index (χ1n) is 7.76. The lowest BCUT2D eigenvalue weighted by atomic mass is 10.1. The molecule has 0 amide bonds. The zero-order chi connectivity index (χ0) is 19.3. The Labute approximate surface area is 150 Å². The van der Waals surface area contributed by atoms with Gasteiger partial charge in [0.2, 0.25) is 5.95 Å². The monoisotopic (exact) mass is 357 g/mol. The Kier molecular flexibility index (Phi) is 5.80. The molecule has 1 aromatic carbocycles. The van der Waals surface area contributed by atoms with Crippen molar-refractivity contribution in [1.29, 1.82) is 5.26 Å². The number of methoxy groups -OCH3 is 1. The number of nitrogens with zero attached hydrogens (tertiary/aromatic N) is 3. The molecule has 0 fully saturated rings. The molecule has 0 aliphatic carbocycles. The van der Waals surface area contributed by atoms with Crippen LogP contribution in [0.25, 0.3) is 11.3 Å². The molecule has 1 unspecified atom stereocenters. The largest absolute Gasteiger partial charge is 0.490 e. The highest BCUT2D eigenvalue weighted by Crippen LogP contribution is 2.35. The maximum Gasteiger partial charge on any atom is 0.346 e. The van der Waals surface area contributed by atoms with Crippen LogP contribution in [0, 0.1) is 11.3 Å². The molecule has 2 rings (SSSR count). The van der Waals surface area contributed by atoms with Crippen LogP contribution in [0.4, 0.5) is 11.8 Å². The van der Waals surface area contributed by atoms with Crippen molar-refractivity contribution < 1.29 is 19.0 Å². The Morgan fingerprint density at radius 1 is 1.31 bits per heavy atom. The van der Waals surface area contributed by atoms with E-state index in [1.807, 2.05) is 13.0 Å². The van der Waals surface area contributed by atoms with Crippen LogP contribution in [0.15, 0.2) is 18.2 Å². The van der Waals surface area contributed by atoms with Crippen LogP contribution >= 0.6 is 0 Å². The predicted molar refractivity (Wildman–Crippen MR) is 94.3 cm³/mol. The lowest BCUT2D eigenvalue weighted by Crippen LogP contribution is -2.25. The summed E-state index contributed by atoms with van der Waals surface area (Å²) in [6, 6.07) is 6.86. The fourth-order valence-electron chi connectivity index (χ4n) is 2.24. The highest BCUT2D eigenvalue weighted by Gasteiger charge is 2.19. The molecule has 0 aliphatic heterocycles. The number of benzene rings is 1. The average Bonchev–Trinajstić information content (AvgIpc) is 2.62. The summed E-state index contributed by atoms with van der Waals surface area (Å²) in [4.78, 5) is 19.5. The minimum Gasteiger partial charge on any atom is -0.490 e. The van der Waals surface area contributed by atoms with Crippen molar-refractivity contribution in [3.05, 3.63) is 23.8 Å². The van der Waals surface area contributed by atoms with Gasteiger partial charge in [0.05, 0.1) is 19.4 Å². The second-order valence-electron chi connectivity index (χ2n) is 5.18. The van der Waals surface area contributed by atoms with Crippen LogP contribution in [0.5, 0.6) is 11.5 Å². The quantitative estimate of drug-likeness (QED) is 0.734. The summed E-state index contributed by atoms with van der Waals surface area (Å²) < 4.78 is 15.8. The summed E-state index contributed by atoms with van der Waals surface area (Å²) in [5, 5.41) is 9.33. The number of carbonyl (C=O) groups is 1. The fraction of sp³-hybridized carbons (Fsp3) is 0.294. The van der Waals surface area contributed by atoms with Crippen LogP contribution in [0.2, 0.25) is 0 Å². The lowest BCUT2D eigenvalue weighted by molar-refractivity contribution is -0.147. The van der Waals surface area contributed by atoms with E-state index in [0.717, 1.165) is 0 Å². The van der Waals surface area contributed by atoms with E-state index in [1.165, 1.54) is 7.11 Å². The smallest absolute Gasteiger partial charge is 0.346 e. The maximum absolute atomic E-state index is 11.6. The summed E-state index contributed by atoms with van der Waals surface area (Å²) in [6.07, 6.45) is -0.815. The van der Waals surface area contributed by atoms with E-state index in [0.29, 0.717) is 23.7 Å². The molecule has 136 valence electrons. The molecule has 2 aromatic rings. The third-order valence-corrected chi connectivity index (χ3v) is 3.42. The SMILES string of the molecule is CCOc1cc(-c2nc(N)nc(N)c2C#N)ccc1OC(C)C(=O)OC. The molecule has 9 heteroatoms. The van der Waals surface area contributed by atoms with Gasteiger partial charge in [0.25, 0.3) is 0 Å². The first kappa shape index (κ1) is 18.8. The molecule has 0 aliphatic rings. The minimum absolute atomic E-state index is 0.00685. The van der Waals surface area contributed by atoms with E-state index < -0.39 is 12.1 Å². The zero-order valence-corrected chi connectivity index (χ0v) is 14.6. The number of rotatable bonds is 6. The third kappa shape index (κ3) is 3.92. The first-order valence-corrected chi connectivity index (χ1v) is 7.76. The van der Waals surface area contributed by atoms with Gasteiger partial charge in [0.15, 0.2) is 17.6 Å². The van der Waals surface area contributed by atoms with Crippen molar-refractivity contribution in [1.82, 2.24) is 9.97 Å². The second-order valence-corrected chi connectivity index (χ2v) is 5.18. The molecule has 1 heterocycles. The lowest BCUT2D eigenvalue weighted by Gasteiger charge is -2.17. The topological polar surface area (TPSA) is 146 Å². The highest BCUT2D eigenvalue weighted by atomic mass is 16.6. The molecular weight excluding hydrogens is 338 g/mol. The number of nitrogen functional groups attached to an aromatic ring is 2. The van der Waals surface area contributed by atoms with Gasteiger partial charge in [0, 0.05) is 5.56 Å². The Balaban J connectivity index is 2.49. The van der Waals surface area contributed by atoms with Crippen LogP contribution in [-0.4, -0.2) is 35.8 Å². The van der Waals surface area contributed by atoms with Gasteiger partial charge in [-0.25, -0.2) is 9.78 Å². The number of esters is 1. The molecule has 0 saturated carbocycles. The van der Waals surface area contributed by atoms with E-state index in [-0.39, 0.29) is 23.0 Å². The molecule has 9 nitrogen and oxygen atoms in total. The summed E-state index contributed by atoms with van der Waals surface area (Å²) in [6.45, 7) is 3.74. The molecule has 1 aromatic heterocycles. The fourth-order valence-corrected chi connectivity index (χ4v) is 2.24. The van der Waals surface area contributed by atoms with Gasteiger partial charge >= 0.3 is 5.97 Å². The summed E-state index contributed by atoms with van der Waals surface area (Å²) in [7, 11) is 1.28. The maximum atomic E-state index is 11.6. The number of aromatic nitrogens is 2. The van der Waals surface area contributed by atoms with Crippen molar-refractivity contribution in [2.75, 3.05) is 25.2 Å². The van der Waals surface area contributed by atoms with Crippen molar-refractivity contribution in [2.24, 2.45) is 0 Å². The van der Waals surface area contributed by atoms with Crippen LogP contribution in [0.3, 0.4) is 0 Å². The van der Waals surface area contributed by atoms with Gasteiger partial charge in [-0.15, -0.1) is 0 Å². The van der Waals surface area contributed by atoms with Gasteiger partial charge in [-0.1, -0.05) is 0 Å². The Morgan fingerprint density at radius 3 is 2.65 bits per heavy atom. The van der Waals surface area contributed by atoms with Crippen molar-refractivity contribution >= 4 is 17.7 Å². The number of hydrogen-bond donors (Lipinski definition) is 2. The van der Waals surface area contributed by atoms with Crippen LogP contribution < -0.4 is 20.9 Å². The van der Waals surface area contributed by atoms with Crippen molar-refractivity contribution in [3.8, 4) is 28.8 Å². The molecule has 1 atom stereocenters. The Bertz CT molecular complexity index is 863. The second kappa shape index (κ2) is 8.02. The van der Waals surface area contributed by atoms with E-state index >= 15 is 0 Å². The van der Waals surface area contributed by atoms with Gasteiger partial charge in [0.1, 0.15) is 17.5 Å². The highest BCUT2D eigenvalue weighted by molar-refractivity contribution is 5.76. The van der Waals surface area contributed by atoms with E-state index in [4.69, 9.17) is 20.9 Å². The minimum atomic E-state index is -0.815. The summed E-state index contributed by atoms with van der Waals surface area (Å²) in [5.74, 6) is 0.156. The van der Waals surface area contributed by atoms with Crippen LogP contribution in [0.1, 0.15) is 19.4 Å². The first-order chi connectivity index (χ1) is 12.4. The van der Waals surface area contributed by atoms with E-state index in [2.05, 4.69) is 14.7 Å². The van der Waals surface area contributed by atoms with Crippen LogP contribution in [-0.2, 0) is 9.53 Å². The predicted octanol–water partition coefficient (Wildman–Crippen LogP) is 1.52. The number of anilines is 2. The van der Waals surface area contributed by atoms with Gasteiger partial charge in [-0.2, -0.15) is 10.2 Å². The Hall–Kier alpha value is -3.54. The average molecular weight is 357 g/mol. The molecule has 0 bridgehead atoms. The number of ether oxygens (including phenoxy) is 3. The third-order valence-electron chi connectivity index (χ3n) is 3.42. The zero-order valence-electron chi connectivity index (χ0n) is 14.6. The normalized spacial score (nSPS) is 11.3. The number of nitrogens with two attached hydrogens (primary N) is 2. The van der Waals surface area contributed by atoms with Gasteiger partial charge in [-0.05, 0) is 32.0 Å².